The molecule has 1 N–H and O–H groups in total. The second kappa shape index (κ2) is 9.38. The summed E-state index contributed by atoms with van der Waals surface area (Å²) in [5.41, 5.74) is 1.80. The lowest BCUT2D eigenvalue weighted by atomic mass is 9.81. The molecule has 3 aromatic rings. The topological polar surface area (TPSA) is 74.1 Å². The van der Waals surface area contributed by atoms with Gasteiger partial charge in [-0.1, -0.05) is 30.3 Å². The predicted molar refractivity (Wildman–Crippen MR) is 119 cm³/mol. The summed E-state index contributed by atoms with van der Waals surface area (Å²) in [6, 6.07) is 14.3. The van der Waals surface area contributed by atoms with E-state index in [0.29, 0.717) is 16.0 Å². The zero-order chi connectivity index (χ0) is 24.5. The zero-order valence-corrected chi connectivity index (χ0v) is 18.6. The van der Waals surface area contributed by atoms with Gasteiger partial charge in [-0.2, -0.15) is 17.9 Å². The summed E-state index contributed by atoms with van der Waals surface area (Å²) in [4.78, 5) is 0. The first-order chi connectivity index (χ1) is 16.9. The van der Waals surface area contributed by atoms with Crippen LogP contribution < -0.4 is 10.1 Å². The molecular formula is C24H23F4N5O2. The highest BCUT2D eigenvalue weighted by atomic mass is 19.4. The Morgan fingerprint density at radius 2 is 2.00 bits per heavy atom. The molecule has 2 aliphatic heterocycles. The minimum atomic E-state index is -4.73. The average molecular weight is 489 g/mol. The number of ether oxygens (including phenoxy) is 2. The molecule has 0 aliphatic carbocycles. The molecule has 5 rings (SSSR count). The molecule has 1 fully saturated rings. The second-order valence-electron chi connectivity index (χ2n) is 8.44. The van der Waals surface area contributed by atoms with Crippen LogP contribution in [0.1, 0.15) is 35.8 Å². The van der Waals surface area contributed by atoms with Crippen molar-refractivity contribution < 1.29 is 27.0 Å². The molecule has 0 amide bonds. The van der Waals surface area contributed by atoms with Gasteiger partial charge in [-0.05, 0) is 65.2 Å². The largest absolute Gasteiger partial charge is 0.490 e. The fourth-order valence-electron chi connectivity index (χ4n) is 4.74. The number of rotatable bonds is 6. The van der Waals surface area contributed by atoms with Gasteiger partial charge in [-0.15, -0.1) is 5.10 Å². The van der Waals surface area contributed by atoms with Gasteiger partial charge in [-0.25, -0.2) is 4.39 Å². The first kappa shape index (κ1) is 23.4. The van der Waals surface area contributed by atoms with Crippen LogP contribution in [0.2, 0.25) is 0 Å². The van der Waals surface area contributed by atoms with E-state index in [1.54, 1.807) is 0 Å². The number of aromatic nitrogens is 4. The standard InChI is InChI=1S/C24H23F4N5O2/c25-10-12-34-20-8-7-18(33-22(24(26,27)28)30-31-32-33)13-19(20)17-14-23(35-15-17)9-4-11-29-21(23)16-5-2-1-3-6-16/h1-3,5-8,13-14,21,29H,4,9-12,15H2/t21-,23+/m0/s1. The van der Waals surface area contributed by atoms with E-state index in [0.717, 1.165) is 30.5 Å². The van der Waals surface area contributed by atoms with E-state index in [9.17, 15) is 17.6 Å². The van der Waals surface area contributed by atoms with E-state index < -0.39 is 24.3 Å². The predicted octanol–water partition coefficient (Wildman–Crippen LogP) is 4.31. The Hall–Kier alpha value is -3.31. The number of benzene rings is 2. The van der Waals surface area contributed by atoms with E-state index in [1.807, 2.05) is 36.4 Å². The van der Waals surface area contributed by atoms with Crippen molar-refractivity contribution in [3.8, 4) is 11.4 Å². The molecule has 0 unspecified atom stereocenters. The average Bonchev–Trinajstić information content (AvgIpc) is 3.52. The van der Waals surface area contributed by atoms with Gasteiger partial charge in [0.05, 0.1) is 18.3 Å². The number of nitrogens with zero attached hydrogens (tertiary/aromatic N) is 4. The van der Waals surface area contributed by atoms with Crippen LogP contribution in [0.15, 0.2) is 54.6 Å². The van der Waals surface area contributed by atoms with Crippen LogP contribution in [-0.4, -0.2) is 52.2 Å². The molecule has 0 bridgehead atoms. The summed E-state index contributed by atoms with van der Waals surface area (Å²) < 4.78 is 65.6. The number of hydrogen-bond acceptors (Lipinski definition) is 6. The van der Waals surface area contributed by atoms with Crippen LogP contribution in [0.4, 0.5) is 17.6 Å². The van der Waals surface area contributed by atoms with E-state index >= 15 is 0 Å². The van der Waals surface area contributed by atoms with Gasteiger partial charge in [0.15, 0.2) is 0 Å². The molecule has 7 nitrogen and oxygen atoms in total. The minimum absolute atomic E-state index is 0.0929. The van der Waals surface area contributed by atoms with Gasteiger partial charge in [0.2, 0.25) is 0 Å². The Balaban J connectivity index is 1.57. The van der Waals surface area contributed by atoms with Crippen molar-refractivity contribution in [1.29, 1.82) is 0 Å². The van der Waals surface area contributed by atoms with Gasteiger partial charge in [-0.3, -0.25) is 0 Å². The second-order valence-corrected chi connectivity index (χ2v) is 8.44. The molecule has 11 heteroatoms. The SMILES string of the molecule is FCCOc1ccc(-n2nnnc2C(F)(F)F)cc1C1=C[C@@]2(CCCN[C@H]2c2ccccc2)OC1. The molecule has 2 aromatic carbocycles. The molecule has 2 atom stereocenters. The summed E-state index contributed by atoms with van der Waals surface area (Å²) in [7, 11) is 0. The monoisotopic (exact) mass is 489 g/mol. The summed E-state index contributed by atoms with van der Waals surface area (Å²) in [5, 5.41) is 13.4. The van der Waals surface area contributed by atoms with Crippen molar-refractivity contribution in [2.24, 2.45) is 0 Å². The number of hydrogen-bond donors (Lipinski definition) is 1. The van der Waals surface area contributed by atoms with Crippen LogP contribution in [0.25, 0.3) is 11.3 Å². The molecule has 1 saturated heterocycles. The van der Waals surface area contributed by atoms with E-state index in [4.69, 9.17) is 9.47 Å². The van der Waals surface area contributed by atoms with E-state index in [1.165, 1.54) is 18.2 Å². The van der Waals surface area contributed by atoms with Crippen molar-refractivity contribution in [3.63, 3.8) is 0 Å². The van der Waals surface area contributed by atoms with Crippen molar-refractivity contribution in [1.82, 2.24) is 25.5 Å². The Bertz CT molecular complexity index is 1210. The van der Waals surface area contributed by atoms with Crippen LogP contribution in [0, 0.1) is 0 Å². The highest BCUT2D eigenvalue weighted by Crippen LogP contribution is 2.45. The van der Waals surface area contributed by atoms with Crippen molar-refractivity contribution in [2.45, 2.75) is 30.7 Å². The Morgan fingerprint density at radius 3 is 2.77 bits per heavy atom. The zero-order valence-electron chi connectivity index (χ0n) is 18.6. The Labute approximate surface area is 198 Å². The van der Waals surface area contributed by atoms with Crippen molar-refractivity contribution in [3.05, 3.63) is 71.6 Å². The van der Waals surface area contributed by atoms with Crippen LogP contribution >= 0.6 is 0 Å². The van der Waals surface area contributed by atoms with Crippen molar-refractivity contribution >= 4 is 5.57 Å². The summed E-state index contributed by atoms with van der Waals surface area (Å²) >= 11 is 0. The lowest BCUT2D eigenvalue weighted by Gasteiger charge is -2.40. The molecule has 3 heterocycles. The number of piperidine rings is 1. The van der Waals surface area contributed by atoms with Gasteiger partial charge in [0.1, 0.15) is 24.6 Å². The van der Waals surface area contributed by atoms with Crippen LogP contribution in [0.3, 0.4) is 0 Å². The number of alkyl halides is 4. The lowest BCUT2D eigenvalue weighted by molar-refractivity contribution is -0.146. The highest BCUT2D eigenvalue weighted by molar-refractivity contribution is 5.75. The molecule has 2 aliphatic rings. The molecule has 35 heavy (non-hydrogen) atoms. The molecule has 0 saturated carbocycles. The van der Waals surface area contributed by atoms with Gasteiger partial charge < -0.3 is 14.8 Å². The maximum Gasteiger partial charge on any atom is 0.453 e. The van der Waals surface area contributed by atoms with E-state index in [-0.39, 0.29) is 24.9 Å². The smallest absolute Gasteiger partial charge is 0.453 e. The molecule has 1 aromatic heterocycles. The maximum atomic E-state index is 13.4. The Kier molecular flexibility index (Phi) is 6.28. The number of nitrogens with one attached hydrogen (secondary N) is 1. The fraction of sp³-hybridized carbons (Fsp3) is 0.375. The Morgan fingerprint density at radius 1 is 1.17 bits per heavy atom. The van der Waals surface area contributed by atoms with Gasteiger partial charge >= 0.3 is 6.18 Å². The summed E-state index contributed by atoms with van der Waals surface area (Å²) in [5.74, 6) is -0.894. The van der Waals surface area contributed by atoms with Gasteiger partial charge in [0.25, 0.3) is 5.82 Å². The molecule has 1 spiro atoms. The molecular weight excluding hydrogens is 466 g/mol. The first-order valence-corrected chi connectivity index (χ1v) is 11.2. The normalized spacial score (nSPS) is 22.4. The van der Waals surface area contributed by atoms with E-state index in [2.05, 4.69) is 20.8 Å². The quantitative estimate of drug-likeness (QED) is 0.521. The highest BCUT2D eigenvalue weighted by Gasteiger charge is 2.45. The number of tetrazole rings is 1. The molecule has 184 valence electrons. The number of halogens is 4. The summed E-state index contributed by atoms with van der Waals surface area (Å²) in [6.45, 7) is 0.181. The van der Waals surface area contributed by atoms with Gasteiger partial charge in [0, 0.05) is 5.56 Å². The summed E-state index contributed by atoms with van der Waals surface area (Å²) in [6.07, 6.45) is -1.04. The molecule has 0 radical (unpaired) electrons. The van der Waals surface area contributed by atoms with Crippen molar-refractivity contribution in [2.75, 3.05) is 26.4 Å². The maximum absolute atomic E-state index is 13.4. The first-order valence-electron chi connectivity index (χ1n) is 11.2. The minimum Gasteiger partial charge on any atom is -0.490 e. The van der Waals surface area contributed by atoms with Crippen LogP contribution in [-0.2, 0) is 10.9 Å². The fourth-order valence-corrected chi connectivity index (χ4v) is 4.74. The third-order valence-corrected chi connectivity index (χ3v) is 6.24. The third kappa shape index (κ3) is 4.53. The third-order valence-electron chi connectivity index (χ3n) is 6.24. The lowest BCUT2D eigenvalue weighted by Crippen LogP contribution is -2.47. The van der Waals surface area contributed by atoms with Crippen LogP contribution in [0.5, 0.6) is 5.75 Å².